The largest absolute Gasteiger partial charge is 0.382 e. The van der Waals surface area contributed by atoms with Crippen LogP contribution in [0, 0.1) is 11.8 Å². The number of nitrogens with one attached hydrogen (secondary N) is 1. The second kappa shape index (κ2) is 9.87. The van der Waals surface area contributed by atoms with E-state index in [0.29, 0.717) is 0 Å². The smallest absolute Gasteiger partial charge is 0.243 e. The molecule has 0 bridgehead atoms. The summed E-state index contributed by atoms with van der Waals surface area (Å²) in [5.74, 6) is 2.55. The molecule has 1 amide bonds. The summed E-state index contributed by atoms with van der Waals surface area (Å²) >= 11 is 0. The summed E-state index contributed by atoms with van der Waals surface area (Å²) in [5, 5.41) is 3.45. The first-order valence-corrected chi connectivity index (χ1v) is 9.43. The minimum atomic E-state index is 0.0419. The van der Waals surface area contributed by atoms with Gasteiger partial charge in [-0.1, -0.05) is 12.8 Å². The molecule has 1 N–H and O–H groups in total. The second-order valence-corrected chi connectivity index (χ2v) is 7.11. The number of aliphatic imine (C=N–C) groups is 1. The lowest BCUT2D eigenvalue weighted by atomic mass is 9.82. The third kappa shape index (κ3) is 5.65. The lowest BCUT2D eigenvalue weighted by Crippen LogP contribution is -2.41. The Kier molecular flexibility index (Phi) is 7.82. The van der Waals surface area contributed by atoms with Crippen LogP contribution in [0.3, 0.4) is 0 Å². The highest BCUT2D eigenvalue weighted by Crippen LogP contribution is 2.35. The molecule has 0 spiro atoms. The van der Waals surface area contributed by atoms with Crippen molar-refractivity contribution in [1.82, 2.24) is 15.1 Å². The number of rotatable bonds is 7. The highest BCUT2D eigenvalue weighted by molar-refractivity contribution is 5.85. The number of carbonyl (C=O) groups excluding carboxylic acids is 1. The van der Waals surface area contributed by atoms with Gasteiger partial charge in [0.25, 0.3) is 0 Å². The van der Waals surface area contributed by atoms with Crippen molar-refractivity contribution >= 4 is 11.9 Å². The quantitative estimate of drug-likeness (QED) is 0.435. The molecule has 2 atom stereocenters. The van der Waals surface area contributed by atoms with Crippen LogP contribution in [0.25, 0.3) is 0 Å². The average molecular weight is 338 g/mol. The van der Waals surface area contributed by atoms with E-state index in [-0.39, 0.29) is 12.5 Å². The number of carbonyl (C=O) groups is 1. The molecule has 6 nitrogen and oxygen atoms in total. The van der Waals surface area contributed by atoms with Crippen LogP contribution >= 0.6 is 0 Å². The third-order valence-electron chi connectivity index (χ3n) is 5.09. The van der Waals surface area contributed by atoms with Crippen LogP contribution in [0.5, 0.6) is 0 Å². The fourth-order valence-electron chi connectivity index (χ4n) is 3.65. The number of likely N-dealkylation sites (tertiary alicyclic amines) is 1. The van der Waals surface area contributed by atoms with E-state index in [4.69, 9.17) is 4.74 Å². The Morgan fingerprint density at radius 2 is 1.92 bits per heavy atom. The SMILES string of the molecule is CCOCCCNC(=NCC(=O)N(C)C)N1CC2CCCCC2C1. The van der Waals surface area contributed by atoms with Crippen molar-refractivity contribution in [2.75, 3.05) is 53.5 Å². The van der Waals surface area contributed by atoms with E-state index in [1.54, 1.807) is 19.0 Å². The summed E-state index contributed by atoms with van der Waals surface area (Å²) in [6.45, 7) is 6.75. The summed E-state index contributed by atoms with van der Waals surface area (Å²) in [7, 11) is 3.55. The predicted molar refractivity (Wildman–Crippen MR) is 97.1 cm³/mol. The molecule has 0 aromatic carbocycles. The summed E-state index contributed by atoms with van der Waals surface area (Å²) in [4.78, 5) is 20.4. The molecule has 2 aliphatic rings. The van der Waals surface area contributed by atoms with Crippen LogP contribution in [0.1, 0.15) is 39.0 Å². The van der Waals surface area contributed by atoms with Gasteiger partial charge in [-0.3, -0.25) is 4.79 Å². The number of fused-ring (bicyclic) bond motifs is 1. The summed E-state index contributed by atoms with van der Waals surface area (Å²) in [6, 6.07) is 0. The monoisotopic (exact) mass is 338 g/mol. The van der Waals surface area contributed by atoms with Crippen molar-refractivity contribution in [2.24, 2.45) is 16.8 Å². The molecule has 1 aliphatic heterocycles. The lowest BCUT2D eigenvalue weighted by Gasteiger charge is -2.22. The maximum Gasteiger partial charge on any atom is 0.243 e. The van der Waals surface area contributed by atoms with E-state index < -0.39 is 0 Å². The molecule has 1 heterocycles. The number of hydrogen-bond donors (Lipinski definition) is 1. The number of guanidine groups is 1. The maximum atomic E-state index is 11.9. The van der Waals surface area contributed by atoms with Gasteiger partial charge in [0.05, 0.1) is 0 Å². The van der Waals surface area contributed by atoms with Crippen molar-refractivity contribution in [2.45, 2.75) is 39.0 Å². The Balaban J connectivity index is 1.91. The number of nitrogens with zero attached hydrogens (tertiary/aromatic N) is 3. The normalized spacial score (nSPS) is 24.0. The van der Waals surface area contributed by atoms with Crippen LogP contribution in [0.4, 0.5) is 0 Å². The van der Waals surface area contributed by atoms with Gasteiger partial charge in [-0.2, -0.15) is 0 Å². The molecule has 6 heteroatoms. The Hall–Kier alpha value is -1.30. The molecular weight excluding hydrogens is 304 g/mol. The fourth-order valence-corrected chi connectivity index (χ4v) is 3.65. The number of hydrogen-bond acceptors (Lipinski definition) is 3. The van der Waals surface area contributed by atoms with Gasteiger partial charge in [0.1, 0.15) is 6.54 Å². The van der Waals surface area contributed by atoms with E-state index in [9.17, 15) is 4.79 Å². The Labute approximate surface area is 146 Å². The Morgan fingerprint density at radius 3 is 2.50 bits per heavy atom. The summed E-state index contributed by atoms with van der Waals surface area (Å²) in [5.41, 5.74) is 0. The minimum absolute atomic E-state index is 0.0419. The van der Waals surface area contributed by atoms with E-state index in [1.807, 2.05) is 6.92 Å². The predicted octanol–water partition coefficient (Wildman–Crippen LogP) is 1.57. The van der Waals surface area contributed by atoms with Gasteiger partial charge in [-0.15, -0.1) is 0 Å². The number of likely N-dealkylation sites (N-methyl/N-ethyl adjacent to an activating group) is 1. The van der Waals surface area contributed by atoms with E-state index in [2.05, 4.69) is 15.2 Å². The van der Waals surface area contributed by atoms with Crippen LogP contribution in [0.2, 0.25) is 0 Å². The molecule has 1 saturated carbocycles. The molecule has 1 saturated heterocycles. The third-order valence-corrected chi connectivity index (χ3v) is 5.09. The molecular formula is C18H34N4O2. The fraction of sp³-hybridized carbons (Fsp3) is 0.889. The molecule has 1 aliphatic carbocycles. The van der Waals surface area contributed by atoms with E-state index in [0.717, 1.165) is 57.1 Å². The van der Waals surface area contributed by atoms with Crippen molar-refractivity contribution in [3.8, 4) is 0 Å². The van der Waals surface area contributed by atoms with Crippen molar-refractivity contribution in [3.05, 3.63) is 0 Å². The number of ether oxygens (including phenoxy) is 1. The topological polar surface area (TPSA) is 57.2 Å². The Bertz CT molecular complexity index is 411. The van der Waals surface area contributed by atoms with Gasteiger partial charge in [-0.05, 0) is 38.0 Å². The average Bonchev–Trinajstić information content (AvgIpc) is 3.00. The molecule has 24 heavy (non-hydrogen) atoms. The molecule has 0 radical (unpaired) electrons. The first-order chi connectivity index (χ1) is 11.6. The maximum absolute atomic E-state index is 11.9. The first-order valence-electron chi connectivity index (χ1n) is 9.43. The number of amides is 1. The minimum Gasteiger partial charge on any atom is -0.382 e. The highest BCUT2D eigenvalue weighted by atomic mass is 16.5. The zero-order valence-electron chi connectivity index (χ0n) is 15.6. The first kappa shape index (κ1) is 19.0. The standard InChI is InChI=1S/C18H34N4O2/c1-4-24-11-7-10-19-18(20-12-17(23)21(2)3)22-13-15-8-5-6-9-16(15)14-22/h15-16H,4-14H2,1-3H3,(H,19,20). The molecule has 2 fully saturated rings. The van der Waals surface area contributed by atoms with Crippen LogP contribution in [-0.2, 0) is 9.53 Å². The van der Waals surface area contributed by atoms with Gasteiger partial charge in [0.2, 0.25) is 5.91 Å². The van der Waals surface area contributed by atoms with E-state index in [1.165, 1.54) is 25.7 Å². The van der Waals surface area contributed by atoms with Crippen molar-refractivity contribution < 1.29 is 9.53 Å². The van der Waals surface area contributed by atoms with Crippen molar-refractivity contribution in [1.29, 1.82) is 0 Å². The molecule has 2 unspecified atom stereocenters. The van der Waals surface area contributed by atoms with Crippen LogP contribution in [0.15, 0.2) is 4.99 Å². The van der Waals surface area contributed by atoms with Crippen LogP contribution in [-0.4, -0.2) is 75.2 Å². The highest BCUT2D eigenvalue weighted by Gasteiger charge is 2.35. The zero-order valence-corrected chi connectivity index (χ0v) is 15.6. The van der Waals surface area contributed by atoms with Gasteiger partial charge < -0.3 is 19.9 Å². The lowest BCUT2D eigenvalue weighted by molar-refractivity contribution is -0.127. The van der Waals surface area contributed by atoms with Gasteiger partial charge in [-0.25, -0.2) is 4.99 Å². The molecule has 0 aromatic heterocycles. The Morgan fingerprint density at radius 1 is 1.25 bits per heavy atom. The van der Waals surface area contributed by atoms with Crippen LogP contribution < -0.4 is 5.32 Å². The van der Waals surface area contributed by atoms with Crippen molar-refractivity contribution in [3.63, 3.8) is 0 Å². The van der Waals surface area contributed by atoms with Gasteiger partial charge >= 0.3 is 0 Å². The molecule has 138 valence electrons. The van der Waals surface area contributed by atoms with E-state index >= 15 is 0 Å². The second-order valence-electron chi connectivity index (χ2n) is 7.11. The zero-order chi connectivity index (χ0) is 17.4. The van der Waals surface area contributed by atoms with Gasteiger partial charge in [0, 0.05) is 46.9 Å². The molecule has 2 rings (SSSR count). The summed E-state index contributed by atoms with van der Waals surface area (Å²) < 4.78 is 5.39. The van der Waals surface area contributed by atoms with Gasteiger partial charge in [0.15, 0.2) is 5.96 Å². The molecule has 0 aromatic rings. The summed E-state index contributed by atoms with van der Waals surface area (Å²) in [6.07, 6.45) is 6.37.